The average Bonchev–Trinajstić information content (AvgIpc) is 2.10. The first kappa shape index (κ1) is 6.92. The van der Waals surface area contributed by atoms with E-state index in [1.54, 1.807) is 0 Å². The Balaban J connectivity index is 2.81. The zero-order valence-corrected chi connectivity index (χ0v) is 6.66. The fraction of sp³-hybridized carbons (Fsp3) is 0. The van der Waals surface area contributed by atoms with Crippen molar-refractivity contribution in [2.75, 3.05) is 0 Å². The number of hydrogen-bond donors (Lipinski definition) is 2. The summed E-state index contributed by atoms with van der Waals surface area (Å²) < 4.78 is 0. The Labute approximate surface area is 68.3 Å². The normalized spacial score (nSPS) is 22.1. The topological polar surface area (TPSA) is 24.1 Å². The van der Waals surface area contributed by atoms with Crippen LogP contribution in [0.25, 0.3) is 0 Å². The van der Waals surface area contributed by atoms with Gasteiger partial charge in [-0.25, -0.2) is 0 Å². The molecule has 1 aliphatic rings. The van der Waals surface area contributed by atoms with Crippen molar-refractivity contribution in [2.24, 2.45) is 0 Å². The summed E-state index contributed by atoms with van der Waals surface area (Å²) in [7, 11) is 0. The maximum Gasteiger partial charge on any atom is 0.176 e. The minimum Gasteiger partial charge on any atom is -0.329 e. The lowest BCUT2D eigenvalue weighted by Crippen LogP contribution is -2.21. The van der Waals surface area contributed by atoms with Crippen molar-refractivity contribution in [2.45, 2.75) is 0 Å². The Morgan fingerprint density at radius 3 is 2.22 bits per heavy atom. The van der Waals surface area contributed by atoms with Crippen LogP contribution >= 0.6 is 36.0 Å². The maximum atomic E-state index is 5.36. The Bertz CT molecular complexity index is 199. The molecule has 1 heterocycles. The number of halogens is 1. The summed E-state index contributed by atoms with van der Waals surface area (Å²) in [5.74, 6) is 0. The van der Waals surface area contributed by atoms with E-state index in [0.29, 0.717) is 15.8 Å². The third-order valence-corrected chi connectivity index (χ3v) is 1.57. The summed E-state index contributed by atoms with van der Waals surface area (Å²) in [4.78, 5) is 0.551. The van der Waals surface area contributed by atoms with Gasteiger partial charge in [0, 0.05) is 5.54 Å². The summed E-state index contributed by atoms with van der Waals surface area (Å²) in [5, 5.41) is 5.98. The van der Waals surface area contributed by atoms with Gasteiger partial charge in [-0.2, -0.15) is 0 Å². The molecule has 1 saturated heterocycles. The van der Waals surface area contributed by atoms with Crippen LogP contribution in [0.1, 0.15) is 0 Å². The van der Waals surface area contributed by atoms with Crippen LogP contribution in [0.2, 0.25) is 0 Å². The van der Waals surface area contributed by atoms with Crippen LogP contribution in [-0.2, 0) is 0 Å². The molecule has 0 unspecified atom stereocenters. The Hall–Kier alpha value is -0.190. The molecule has 2 nitrogen and oxygen atoms in total. The largest absolute Gasteiger partial charge is 0.329 e. The van der Waals surface area contributed by atoms with Gasteiger partial charge in [-0.1, -0.05) is 23.8 Å². The van der Waals surface area contributed by atoms with E-state index in [-0.39, 0.29) is 0 Å². The molecule has 1 aliphatic heterocycles. The van der Waals surface area contributed by atoms with Gasteiger partial charge >= 0.3 is 0 Å². The maximum absolute atomic E-state index is 5.36. The molecule has 0 aromatic carbocycles. The molecular formula is C4H3ClN2S2. The molecular weight excluding hydrogens is 176 g/mol. The predicted octanol–water partition coefficient (Wildman–Crippen LogP) is 0.872. The lowest BCUT2D eigenvalue weighted by atomic mass is 10.5. The molecule has 1 rings (SSSR count). The third-order valence-electron chi connectivity index (χ3n) is 0.829. The van der Waals surface area contributed by atoms with Crippen molar-refractivity contribution in [1.82, 2.24) is 10.6 Å². The Morgan fingerprint density at radius 2 is 2.00 bits per heavy atom. The van der Waals surface area contributed by atoms with Crippen molar-refractivity contribution in [3.05, 3.63) is 11.2 Å². The third kappa shape index (κ3) is 1.38. The molecule has 0 atom stereocenters. The van der Waals surface area contributed by atoms with Crippen LogP contribution in [-0.4, -0.2) is 10.1 Å². The molecule has 0 radical (unpaired) electrons. The van der Waals surface area contributed by atoms with Gasteiger partial charge in [-0.15, -0.1) is 0 Å². The van der Waals surface area contributed by atoms with Crippen LogP contribution in [0.4, 0.5) is 0 Å². The molecule has 0 amide bonds. The minimum atomic E-state index is 0.506. The van der Waals surface area contributed by atoms with Gasteiger partial charge < -0.3 is 10.6 Å². The molecule has 0 aromatic rings. The second kappa shape index (κ2) is 2.60. The van der Waals surface area contributed by atoms with Gasteiger partial charge in [-0.3, -0.25) is 0 Å². The monoisotopic (exact) mass is 178 g/mol. The van der Waals surface area contributed by atoms with Crippen LogP contribution in [0.15, 0.2) is 11.2 Å². The van der Waals surface area contributed by atoms with E-state index in [2.05, 4.69) is 10.6 Å². The minimum absolute atomic E-state index is 0.506. The van der Waals surface area contributed by atoms with Crippen molar-refractivity contribution >= 4 is 46.1 Å². The number of nitrogens with one attached hydrogen (secondary N) is 2. The highest BCUT2D eigenvalue weighted by Crippen LogP contribution is 2.00. The second-order valence-corrected chi connectivity index (χ2v) is 2.47. The highest BCUT2D eigenvalue weighted by Gasteiger charge is 2.14. The zero-order chi connectivity index (χ0) is 6.85. The average molecular weight is 179 g/mol. The fourth-order valence-corrected chi connectivity index (χ4v) is 1.17. The van der Waals surface area contributed by atoms with Crippen molar-refractivity contribution in [3.8, 4) is 0 Å². The molecule has 0 saturated carbocycles. The lowest BCUT2D eigenvalue weighted by molar-refractivity contribution is 1.28. The molecule has 0 aliphatic carbocycles. The summed E-state index contributed by atoms with van der Waals surface area (Å²) in [6.45, 7) is 0. The van der Waals surface area contributed by atoms with E-state index < -0.39 is 0 Å². The molecule has 1 fully saturated rings. The van der Waals surface area contributed by atoms with Crippen LogP contribution in [0.5, 0.6) is 0 Å². The van der Waals surface area contributed by atoms with E-state index in [9.17, 15) is 0 Å². The van der Waals surface area contributed by atoms with Crippen molar-refractivity contribution in [3.63, 3.8) is 0 Å². The quantitative estimate of drug-likeness (QED) is 0.425. The van der Waals surface area contributed by atoms with E-state index in [4.69, 9.17) is 36.0 Å². The standard InChI is InChI=1S/C4H3ClN2S2/c5-1-2-3(8)7-4(9)6-2/h1H,(H2,6,7,8,9). The first-order valence-corrected chi connectivity index (χ1v) is 3.42. The summed E-state index contributed by atoms with van der Waals surface area (Å²) >= 11 is 14.9. The molecule has 0 aromatic heterocycles. The number of hydrogen-bond acceptors (Lipinski definition) is 2. The van der Waals surface area contributed by atoms with Gasteiger partial charge in [0.05, 0.1) is 5.70 Å². The van der Waals surface area contributed by atoms with E-state index >= 15 is 0 Å². The molecule has 2 N–H and O–H groups in total. The molecule has 0 spiro atoms. The summed E-state index contributed by atoms with van der Waals surface area (Å²) in [5.41, 5.74) is 2.02. The number of thiocarbonyl (C=S) groups is 2. The first-order chi connectivity index (χ1) is 4.24. The Morgan fingerprint density at radius 1 is 1.33 bits per heavy atom. The van der Waals surface area contributed by atoms with E-state index in [1.807, 2.05) is 0 Å². The smallest absolute Gasteiger partial charge is 0.176 e. The van der Waals surface area contributed by atoms with Crippen molar-refractivity contribution < 1.29 is 0 Å². The van der Waals surface area contributed by atoms with Gasteiger partial charge in [0.15, 0.2) is 5.11 Å². The van der Waals surface area contributed by atoms with Crippen LogP contribution < -0.4 is 10.6 Å². The summed E-state index contributed by atoms with van der Waals surface area (Å²) in [6, 6.07) is 0. The highest BCUT2D eigenvalue weighted by molar-refractivity contribution is 7.82. The molecule has 5 heteroatoms. The van der Waals surface area contributed by atoms with Gasteiger partial charge in [0.1, 0.15) is 4.99 Å². The number of rotatable bonds is 0. The first-order valence-electron chi connectivity index (χ1n) is 2.17. The fourth-order valence-electron chi connectivity index (χ4n) is 0.458. The molecule has 0 bridgehead atoms. The molecule has 9 heavy (non-hydrogen) atoms. The SMILES string of the molecule is S=C1NC(=S)C(=CCl)N1. The van der Waals surface area contributed by atoms with Crippen LogP contribution in [0, 0.1) is 0 Å². The van der Waals surface area contributed by atoms with Gasteiger partial charge in [-0.05, 0) is 12.2 Å². The highest BCUT2D eigenvalue weighted by atomic mass is 35.5. The van der Waals surface area contributed by atoms with Crippen LogP contribution in [0.3, 0.4) is 0 Å². The van der Waals surface area contributed by atoms with Gasteiger partial charge in [0.25, 0.3) is 0 Å². The molecule has 48 valence electrons. The predicted molar refractivity (Wildman–Crippen MR) is 45.4 cm³/mol. The second-order valence-electron chi connectivity index (χ2n) is 1.43. The lowest BCUT2D eigenvalue weighted by Gasteiger charge is -1.88. The Kier molecular flexibility index (Phi) is 2.00. The van der Waals surface area contributed by atoms with E-state index in [1.165, 1.54) is 5.54 Å². The van der Waals surface area contributed by atoms with Crippen molar-refractivity contribution in [1.29, 1.82) is 0 Å². The van der Waals surface area contributed by atoms with Gasteiger partial charge in [0.2, 0.25) is 0 Å². The zero-order valence-electron chi connectivity index (χ0n) is 4.27. The summed E-state index contributed by atoms with van der Waals surface area (Å²) in [6.07, 6.45) is 0. The van der Waals surface area contributed by atoms with E-state index in [0.717, 1.165) is 0 Å².